The average molecular weight is 186 g/mol. The zero-order valence-corrected chi connectivity index (χ0v) is 8.27. The highest BCUT2D eigenvalue weighted by atomic mass is 35.5. The van der Waals surface area contributed by atoms with Gasteiger partial charge in [-0.1, -0.05) is 11.6 Å². The van der Waals surface area contributed by atoms with E-state index in [0.717, 1.165) is 24.4 Å². The van der Waals surface area contributed by atoms with Crippen LogP contribution in [0.4, 0.5) is 0 Å². The third-order valence-electron chi connectivity index (χ3n) is 3.10. The van der Waals surface area contributed by atoms with Crippen molar-refractivity contribution in [3.8, 4) is 0 Å². The van der Waals surface area contributed by atoms with Crippen molar-refractivity contribution in [3.63, 3.8) is 0 Å². The minimum absolute atomic E-state index is 0.778. The smallest absolute Gasteiger partial charge is 0.0176 e. The monoisotopic (exact) mass is 185 g/mol. The van der Waals surface area contributed by atoms with Gasteiger partial charge in [-0.25, -0.2) is 0 Å². The summed E-state index contributed by atoms with van der Waals surface area (Å²) in [7, 11) is 0. The molecule has 12 heavy (non-hydrogen) atoms. The van der Waals surface area contributed by atoms with Crippen LogP contribution in [0.25, 0.3) is 0 Å². The van der Waals surface area contributed by atoms with E-state index in [2.05, 4.69) is 12.2 Å². The van der Waals surface area contributed by atoms with Crippen LogP contribution in [-0.4, -0.2) is 12.6 Å². The van der Waals surface area contributed by atoms with Gasteiger partial charge in [0.1, 0.15) is 0 Å². The van der Waals surface area contributed by atoms with Gasteiger partial charge in [-0.2, -0.15) is 0 Å². The SMILES string of the molecule is C/C(=C\Cl)CNC1CC2CC2C1. The summed E-state index contributed by atoms with van der Waals surface area (Å²) in [6, 6.07) is 0.778. The van der Waals surface area contributed by atoms with Crippen molar-refractivity contribution in [2.24, 2.45) is 11.8 Å². The summed E-state index contributed by atoms with van der Waals surface area (Å²) in [4.78, 5) is 0. The largest absolute Gasteiger partial charge is 0.310 e. The first-order chi connectivity index (χ1) is 5.79. The first-order valence-electron chi connectivity index (χ1n) is 4.79. The fourth-order valence-corrected chi connectivity index (χ4v) is 2.30. The number of hydrogen-bond donors (Lipinski definition) is 1. The lowest BCUT2D eigenvalue weighted by Crippen LogP contribution is -2.28. The molecule has 68 valence electrons. The first-order valence-corrected chi connectivity index (χ1v) is 5.22. The maximum atomic E-state index is 5.57. The molecule has 0 aromatic carbocycles. The molecule has 2 aliphatic rings. The lowest BCUT2D eigenvalue weighted by atomic mass is 10.1. The quantitative estimate of drug-likeness (QED) is 0.713. The molecule has 0 aromatic heterocycles. The maximum absolute atomic E-state index is 5.57. The molecule has 0 saturated heterocycles. The molecule has 2 rings (SSSR count). The van der Waals surface area contributed by atoms with Gasteiger partial charge in [0, 0.05) is 18.1 Å². The highest BCUT2D eigenvalue weighted by molar-refractivity contribution is 6.25. The predicted octanol–water partition coefficient (Wildman–Crippen LogP) is 2.52. The van der Waals surface area contributed by atoms with Crippen molar-refractivity contribution >= 4 is 11.6 Å². The minimum Gasteiger partial charge on any atom is -0.310 e. The molecule has 0 heterocycles. The zero-order chi connectivity index (χ0) is 8.55. The molecule has 2 heteroatoms. The molecular weight excluding hydrogens is 170 g/mol. The van der Waals surface area contributed by atoms with Crippen molar-refractivity contribution in [2.75, 3.05) is 6.54 Å². The third-order valence-corrected chi connectivity index (χ3v) is 3.47. The van der Waals surface area contributed by atoms with Gasteiger partial charge in [-0.3, -0.25) is 0 Å². The molecule has 1 nitrogen and oxygen atoms in total. The van der Waals surface area contributed by atoms with Gasteiger partial charge in [0.25, 0.3) is 0 Å². The number of halogens is 1. The van der Waals surface area contributed by atoms with E-state index in [0.29, 0.717) is 0 Å². The average Bonchev–Trinajstić information content (AvgIpc) is 2.70. The van der Waals surface area contributed by atoms with Gasteiger partial charge >= 0.3 is 0 Å². The Labute approximate surface area is 79.2 Å². The molecule has 0 amide bonds. The van der Waals surface area contributed by atoms with Gasteiger partial charge in [-0.15, -0.1) is 0 Å². The van der Waals surface area contributed by atoms with Crippen molar-refractivity contribution < 1.29 is 0 Å². The highest BCUT2D eigenvalue weighted by Crippen LogP contribution is 2.51. The second-order valence-corrected chi connectivity index (χ2v) is 4.48. The molecule has 2 aliphatic carbocycles. The summed E-state index contributed by atoms with van der Waals surface area (Å²) in [6.07, 6.45) is 4.31. The van der Waals surface area contributed by atoms with E-state index >= 15 is 0 Å². The molecule has 0 bridgehead atoms. The van der Waals surface area contributed by atoms with Crippen LogP contribution in [-0.2, 0) is 0 Å². The molecule has 0 aliphatic heterocycles. The molecule has 2 saturated carbocycles. The molecular formula is C10H16ClN. The van der Waals surface area contributed by atoms with Crippen molar-refractivity contribution in [3.05, 3.63) is 11.1 Å². The van der Waals surface area contributed by atoms with E-state index in [1.54, 1.807) is 5.54 Å². The van der Waals surface area contributed by atoms with Crippen LogP contribution < -0.4 is 5.32 Å². The van der Waals surface area contributed by atoms with E-state index in [1.807, 2.05) is 0 Å². The maximum Gasteiger partial charge on any atom is 0.0176 e. The molecule has 2 atom stereocenters. The summed E-state index contributed by atoms with van der Waals surface area (Å²) in [6.45, 7) is 3.03. The number of hydrogen-bond acceptors (Lipinski definition) is 1. The van der Waals surface area contributed by atoms with Gasteiger partial charge in [-0.05, 0) is 43.6 Å². The first kappa shape index (κ1) is 8.58. The van der Waals surface area contributed by atoms with Crippen LogP contribution in [0.5, 0.6) is 0 Å². The Balaban J connectivity index is 1.67. The van der Waals surface area contributed by atoms with Crippen LogP contribution >= 0.6 is 11.6 Å². The Morgan fingerprint density at radius 3 is 2.67 bits per heavy atom. The van der Waals surface area contributed by atoms with Gasteiger partial charge < -0.3 is 5.32 Å². The lowest BCUT2D eigenvalue weighted by molar-refractivity contribution is 0.500. The van der Waals surface area contributed by atoms with Gasteiger partial charge in [0.2, 0.25) is 0 Å². The topological polar surface area (TPSA) is 12.0 Å². The highest BCUT2D eigenvalue weighted by Gasteiger charge is 2.45. The van der Waals surface area contributed by atoms with Crippen LogP contribution in [0.3, 0.4) is 0 Å². The summed E-state index contributed by atoms with van der Waals surface area (Å²) in [5, 5.41) is 3.54. The Morgan fingerprint density at radius 1 is 1.42 bits per heavy atom. The Hall–Kier alpha value is -0.0100. The fraction of sp³-hybridized carbons (Fsp3) is 0.800. The predicted molar refractivity (Wildman–Crippen MR) is 52.2 cm³/mol. The molecule has 0 spiro atoms. The Kier molecular flexibility index (Phi) is 2.42. The Bertz CT molecular complexity index is 190. The zero-order valence-electron chi connectivity index (χ0n) is 7.52. The van der Waals surface area contributed by atoms with E-state index in [9.17, 15) is 0 Å². The summed E-state index contributed by atoms with van der Waals surface area (Å²) in [5.74, 6) is 2.14. The van der Waals surface area contributed by atoms with Crippen molar-refractivity contribution in [2.45, 2.75) is 32.2 Å². The normalized spacial score (nSPS) is 39.8. The Morgan fingerprint density at radius 2 is 2.08 bits per heavy atom. The van der Waals surface area contributed by atoms with Gasteiger partial charge in [0.15, 0.2) is 0 Å². The molecule has 2 unspecified atom stereocenters. The van der Waals surface area contributed by atoms with E-state index in [4.69, 9.17) is 11.6 Å². The van der Waals surface area contributed by atoms with E-state index in [1.165, 1.54) is 24.8 Å². The number of fused-ring (bicyclic) bond motifs is 1. The molecule has 1 N–H and O–H groups in total. The summed E-state index contributed by atoms with van der Waals surface area (Å²) in [5.41, 5.74) is 2.90. The van der Waals surface area contributed by atoms with E-state index in [-0.39, 0.29) is 0 Å². The second kappa shape index (κ2) is 3.39. The third kappa shape index (κ3) is 1.83. The number of rotatable bonds is 3. The van der Waals surface area contributed by atoms with Crippen molar-refractivity contribution in [1.82, 2.24) is 5.32 Å². The van der Waals surface area contributed by atoms with Crippen LogP contribution in [0.15, 0.2) is 11.1 Å². The lowest BCUT2D eigenvalue weighted by Gasteiger charge is -2.13. The fourth-order valence-electron chi connectivity index (χ4n) is 2.23. The van der Waals surface area contributed by atoms with Crippen LogP contribution in [0.2, 0.25) is 0 Å². The molecule has 0 radical (unpaired) electrons. The standard InChI is InChI=1S/C10H16ClN/c1-7(5-11)6-12-10-3-8-2-9(8)4-10/h5,8-10,12H,2-4,6H2,1H3/b7-5+. The number of nitrogens with one attached hydrogen (secondary N) is 1. The second-order valence-electron chi connectivity index (χ2n) is 4.26. The van der Waals surface area contributed by atoms with Crippen LogP contribution in [0.1, 0.15) is 26.2 Å². The summed E-state index contributed by atoms with van der Waals surface area (Å²) < 4.78 is 0. The summed E-state index contributed by atoms with van der Waals surface area (Å²) >= 11 is 5.57. The van der Waals surface area contributed by atoms with Gasteiger partial charge in [0.05, 0.1) is 0 Å². The van der Waals surface area contributed by atoms with Crippen molar-refractivity contribution in [1.29, 1.82) is 0 Å². The van der Waals surface area contributed by atoms with E-state index < -0.39 is 0 Å². The molecule has 0 aromatic rings. The van der Waals surface area contributed by atoms with Crippen LogP contribution in [0, 0.1) is 11.8 Å². The molecule has 2 fully saturated rings. The minimum atomic E-state index is 0.778.